The number of carbonyl (C=O) groups excluding carboxylic acids is 2. The van der Waals surface area contributed by atoms with E-state index in [0.717, 1.165) is 0 Å². The lowest BCUT2D eigenvalue weighted by molar-refractivity contribution is -0.119. The first-order valence-electron chi connectivity index (χ1n) is 6.25. The molecule has 0 fully saturated rings. The van der Waals surface area contributed by atoms with Crippen LogP contribution in [-0.2, 0) is 9.59 Å². The average molecular weight is 318 g/mol. The van der Waals surface area contributed by atoms with E-state index >= 15 is 0 Å². The van der Waals surface area contributed by atoms with E-state index in [1.54, 1.807) is 0 Å². The van der Waals surface area contributed by atoms with Gasteiger partial charge in [0.2, 0.25) is 11.8 Å². The smallest absolute Gasteiger partial charge is 0.241 e. The van der Waals surface area contributed by atoms with Gasteiger partial charge in [-0.25, -0.2) is 4.39 Å². The van der Waals surface area contributed by atoms with E-state index in [0.29, 0.717) is 5.69 Å². The van der Waals surface area contributed by atoms with Crippen LogP contribution in [0.25, 0.3) is 0 Å². The molecule has 0 heterocycles. The van der Waals surface area contributed by atoms with Gasteiger partial charge in [-0.15, -0.1) is 12.4 Å². The highest BCUT2D eigenvalue weighted by Gasteiger charge is 2.27. The number of amides is 2. The van der Waals surface area contributed by atoms with Gasteiger partial charge in [0, 0.05) is 12.6 Å². The van der Waals surface area contributed by atoms with Crippen molar-refractivity contribution in [3.63, 3.8) is 0 Å². The Balaban J connectivity index is 0.00000400. The van der Waals surface area contributed by atoms with Crippen molar-refractivity contribution in [1.82, 2.24) is 0 Å². The van der Waals surface area contributed by atoms with Gasteiger partial charge in [-0.3, -0.25) is 9.59 Å². The fraction of sp³-hybridized carbons (Fsp3) is 0.429. The minimum absolute atomic E-state index is 0. The summed E-state index contributed by atoms with van der Waals surface area (Å²) in [7, 11) is 0. The summed E-state index contributed by atoms with van der Waals surface area (Å²) < 4.78 is 13.5. The molecule has 0 bridgehead atoms. The lowest BCUT2D eigenvalue weighted by Gasteiger charge is -2.25. The minimum atomic E-state index is -0.697. The van der Waals surface area contributed by atoms with Crippen LogP contribution < -0.4 is 16.4 Å². The molecule has 0 aromatic heterocycles. The molecule has 0 aliphatic heterocycles. The summed E-state index contributed by atoms with van der Waals surface area (Å²) in [5, 5.41) is 4.96. The molecule has 5 nitrogen and oxygen atoms in total. The van der Waals surface area contributed by atoms with Crippen molar-refractivity contribution in [1.29, 1.82) is 0 Å². The summed E-state index contributed by atoms with van der Waals surface area (Å²) in [5.41, 5.74) is 5.84. The van der Waals surface area contributed by atoms with Crippen molar-refractivity contribution in [3.8, 4) is 0 Å². The molecular formula is C14H21ClFN3O2. The first kappa shape index (κ1) is 19.3. The van der Waals surface area contributed by atoms with Gasteiger partial charge in [0.1, 0.15) is 5.82 Å². The second-order valence-electron chi connectivity index (χ2n) is 5.71. The third-order valence-electron chi connectivity index (χ3n) is 2.76. The Kier molecular flexibility index (Phi) is 6.79. The number of hydrogen-bond acceptors (Lipinski definition) is 3. The third-order valence-corrected chi connectivity index (χ3v) is 2.76. The Morgan fingerprint density at radius 1 is 1.24 bits per heavy atom. The van der Waals surface area contributed by atoms with Gasteiger partial charge in [0.25, 0.3) is 0 Å². The van der Waals surface area contributed by atoms with Crippen LogP contribution in [0.2, 0.25) is 0 Å². The van der Waals surface area contributed by atoms with Crippen LogP contribution in [0, 0.1) is 11.2 Å². The van der Waals surface area contributed by atoms with Gasteiger partial charge in [-0.2, -0.15) is 0 Å². The molecule has 1 aromatic carbocycles. The van der Waals surface area contributed by atoms with Crippen molar-refractivity contribution in [2.24, 2.45) is 11.1 Å². The van der Waals surface area contributed by atoms with Gasteiger partial charge in [-0.1, -0.05) is 20.8 Å². The summed E-state index contributed by atoms with van der Waals surface area (Å²) in [6.07, 6.45) is 0. The monoisotopic (exact) mass is 317 g/mol. The SMILES string of the molecule is CC(=O)Nc1cc(NC(=O)[C@@H](N)C(C)(C)C)ccc1F.Cl. The molecule has 1 rings (SSSR count). The van der Waals surface area contributed by atoms with Crippen molar-refractivity contribution in [2.45, 2.75) is 33.7 Å². The third kappa shape index (κ3) is 5.69. The molecule has 0 unspecified atom stereocenters. The maximum Gasteiger partial charge on any atom is 0.241 e. The standard InChI is InChI=1S/C14H20FN3O2.ClH/c1-8(19)17-11-7-9(5-6-10(11)15)18-13(20)12(16)14(2,3)4;/h5-7,12H,16H2,1-4H3,(H,17,19)(H,18,20);1H/t12-;/m1./s1. The van der Waals surface area contributed by atoms with Gasteiger partial charge in [-0.05, 0) is 23.6 Å². The number of hydrogen-bond donors (Lipinski definition) is 3. The van der Waals surface area contributed by atoms with Crippen LogP contribution >= 0.6 is 12.4 Å². The predicted molar refractivity (Wildman–Crippen MR) is 84.0 cm³/mol. The summed E-state index contributed by atoms with van der Waals surface area (Å²) in [5.74, 6) is -1.32. The zero-order chi connectivity index (χ0) is 15.5. The maximum atomic E-state index is 13.5. The molecule has 1 aromatic rings. The van der Waals surface area contributed by atoms with E-state index in [1.807, 2.05) is 20.8 Å². The number of anilines is 2. The quantitative estimate of drug-likeness (QED) is 0.801. The lowest BCUT2D eigenvalue weighted by Crippen LogP contribution is -2.45. The highest BCUT2D eigenvalue weighted by atomic mass is 35.5. The van der Waals surface area contributed by atoms with E-state index in [-0.39, 0.29) is 29.4 Å². The molecule has 7 heteroatoms. The fourth-order valence-corrected chi connectivity index (χ4v) is 1.50. The Labute approximate surface area is 129 Å². The van der Waals surface area contributed by atoms with E-state index < -0.39 is 17.8 Å². The second kappa shape index (κ2) is 7.38. The number of carbonyl (C=O) groups is 2. The number of benzene rings is 1. The number of nitrogens with two attached hydrogens (primary N) is 1. The molecule has 4 N–H and O–H groups in total. The van der Waals surface area contributed by atoms with E-state index in [9.17, 15) is 14.0 Å². The molecule has 2 amide bonds. The van der Waals surface area contributed by atoms with Gasteiger partial charge >= 0.3 is 0 Å². The Morgan fingerprint density at radius 3 is 2.29 bits per heavy atom. The molecule has 21 heavy (non-hydrogen) atoms. The van der Waals surface area contributed by atoms with Crippen molar-refractivity contribution < 1.29 is 14.0 Å². The largest absolute Gasteiger partial charge is 0.325 e. The van der Waals surface area contributed by atoms with Gasteiger partial charge in [0.15, 0.2) is 0 Å². The topological polar surface area (TPSA) is 84.2 Å². The Hall–Kier alpha value is -1.66. The lowest BCUT2D eigenvalue weighted by atomic mass is 9.87. The first-order valence-corrected chi connectivity index (χ1v) is 6.25. The van der Waals surface area contributed by atoms with E-state index in [1.165, 1.54) is 25.1 Å². The van der Waals surface area contributed by atoms with Crippen molar-refractivity contribution in [2.75, 3.05) is 10.6 Å². The normalized spacial score (nSPS) is 12.1. The molecular weight excluding hydrogens is 297 g/mol. The molecule has 0 aliphatic carbocycles. The van der Waals surface area contributed by atoms with Crippen molar-refractivity contribution >= 4 is 35.6 Å². The summed E-state index contributed by atoms with van der Waals surface area (Å²) in [4.78, 5) is 22.9. The summed E-state index contributed by atoms with van der Waals surface area (Å²) in [6.45, 7) is 6.83. The maximum absolute atomic E-state index is 13.5. The van der Waals surface area contributed by atoms with E-state index in [2.05, 4.69) is 10.6 Å². The highest BCUT2D eigenvalue weighted by Crippen LogP contribution is 2.22. The zero-order valence-corrected chi connectivity index (χ0v) is 13.3. The molecule has 0 spiro atoms. The number of halogens is 2. The predicted octanol–water partition coefficient (Wildman–Crippen LogP) is 2.52. The molecule has 0 saturated carbocycles. The Morgan fingerprint density at radius 2 is 1.81 bits per heavy atom. The average Bonchev–Trinajstić information content (AvgIpc) is 2.30. The second-order valence-corrected chi connectivity index (χ2v) is 5.71. The zero-order valence-electron chi connectivity index (χ0n) is 12.5. The van der Waals surface area contributed by atoms with E-state index in [4.69, 9.17) is 5.73 Å². The Bertz CT molecular complexity index is 529. The van der Waals surface area contributed by atoms with Crippen LogP contribution in [-0.4, -0.2) is 17.9 Å². The molecule has 0 radical (unpaired) electrons. The molecule has 0 aliphatic rings. The summed E-state index contributed by atoms with van der Waals surface area (Å²) >= 11 is 0. The van der Waals surface area contributed by atoms with Crippen LogP contribution in [0.15, 0.2) is 18.2 Å². The van der Waals surface area contributed by atoms with Gasteiger partial charge < -0.3 is 16.4 Å². The first-order chi connectivity index (χ1) is 9.11. The minimum Gasteiger partial charge on any atom is -0.325 e. The van der Waals surface area contributed by atoms with Gasteiger partial charge in [0.05, 0.1) is 11.7 Å². The number of nitrogens with one attached hydrogen (secondary N) is 2. The molecule has 0 saturated heterocycles. The van der Waals surface area contributed by atoms with Crippen LogP contribution in [0.5, 0.6) is 0 Å². The molecule has 1 atom stereocenters. The van der Waals surface area contributed by atoms with Crippen LogP contribution in [0.4, 0.5) is 15.8 Å². The fourth-order valence-electron chi connectivity index (χ4n) is 1.50. The highest BCUT2D eigenvalue weighted by molar-refractivity contribution is 5.96. The number of rotatable bonds is 3. The summed E-state index contributed by atoms with van der Waals surface area (Å²) in [6, 6.07) is 3.23. The van der Waals surface area contributed by atoms with Crippen LogP contribution in [0.1, 0.15) is 27.7 Å². The van der Waals surface area contributed by atoms with Crippen molar-refractivity contribution in [3.05, 3.63) is 24.0 Å². The van der Waals surface area contributed by atoms with Crippen LogP contribution in [0.3, 0.4) is 0 Å². The molecule has 118 valence electrons.